The molecule has 1 atom stereocenters. The summed E-state index contributed by atoms with van der Waals surface area (Å²) >= 11 is 1.52. The minimum atomic E-state index is -4.38. The Morgan fingerprint density at radius 1 is 1.09 bits per heavy atom. The highest BCUT2D eigenvalue weighted by Crippen LogP contribution is 2.33. The first-order chi connectivity index (χ1) is 16.3. The van der Waals surface area contributed by atoms with Gasteiger partial charge in [-0.25, -0.2) is 4.98 Å². The Kier molecular flexibility index (Phi) is 10.4. The van der Waals surface area contributed by atoms with Gasteiger partial charge >= 0.3 is 6.18 Å². The van der Waals surface area contributed by atoms with Crippen LogP contribution in [0.3, 0.4) is 0 Å². The number of aryl methyl sites for hydroxylation is 2. The van der Waals surface area contributed by atoms with Crippen molar-refractivity contribution in [2.24, 2.45) is 0 Å². The van der Waals surface area contributed by atoms with E-state index in [1.807, 2.05) is 43.8 Å². The molecule has 9 heteroatoms. The average Bonchev–Trinajstić information content (AvgIpc) is 3.56. The molecule has 1 unspecified atom stereocenters. The third-order valence-corrected chi connectivity index (χ3v) is 6.00. The highest BCUT2D eigenvalue weighted by molar-refractivity contribution is 7.18. The number of aromatic nitrogens is 4. The lowest BCUT2D eigenvalue weighted by molar-refractivity contribution is -0.137. The van der Waals surface area contributed by atoms with Crippen LogP contribution in [0.25, 0.3) is 21.3 Å². The Hall–Kier alpha value is -2.78. The molecule has 190 valence electrons. The smallest absolute Gasteiger partial charge is 0.376 e. The number of fused-ring (bicyclic) bond motifs is 1. The minimum absolute atomic E-state index is 0. The van der Waals surface area contributed by atoms with Gasteiger partial charge in [0.15, 0.2) is 0 Å². The van der Waals surface area contributed by atoms with Crippen LogP contribution >= 0.6 is 11.3 Å². The van der Waals surface area contributed by atoms with Crippen molar-refractivity contribution in [2.45, 2.75) is 66.8 Å². The molecule has 5 nitrogen and oxygen atoms in total. The van der Waals surface area contributed by atoms with E-state index >= 15 is 0 Å². The van der Waals surface area contributed by atoms with Crippen molar-refractivity contribution >= 4 is 21.6 Å². The van der Waals surface area contributed by atoms with Crippen molar-refractivity contribution in [3.63, 3.8) is 0 Å². The van der Waals surface area contributed by atoms with E-state index in [2.05, 4.69) is 28.2 Å². The molecule has 1 fully saturated rings. The lowest BCUT2D eigenvalue weighted by atomic mass is 10.1. The van der Waals surface area contributed by atoms with Gasteiger partial charge in [-0.3, -0.25) is 9.67 Å². The van der Waals surface area contributed by atoms with Gasteiger partial charge in [-0.15, -0.1) is 11.3 Å². The van der Waals surface area contributed by atoms with Gasteiger partial charge in [0.25, 0.3) is 0 Å². The van der Waals surface area contributed by atoms with Crippen molar-refractivity contribution in [1.29, 1.82) is 0 Å². The van der Waals surface area contributed by atoms with Crippen molar-refractivity contribution in [3.05, 3.63) is 65.2 Å². The van der Waals surface area contributed by atoms with Crippen molar-refractivity contribution in [3.8, 4) is 11.1 Å². The van der Waals surface area contributed by atoms with Gasteiger partial charge in [-0.2, -0.15) is 18.3 Å². The summed E-state index contributed by atoms with van der Waals surface area (Å²) in [4.78, 5) is 8.01. The van der Waals surface area contributed by atoms with E-state index < -0.39 is 11.7 Å². The molecule has 0 aliphatic carbocycles. The Balaban J connectivity index is 0.000000247. The van der Waals surface area contributed by atoms with Crippen molar-refractivity contribution < 1.29 is 17.9 Å². The molecule has 4 aromatic rings. The van der Waals surface area contributed by atoms with E-state index in [9.17, 15) is 13.2 Å². The molecule has 0 spiro atoms. The molecule has 1 aromatic carbocycles. The van der Waals surface area contributed by atoms with Gasteiger partial charge in [0.05, 0.1) is 39.6 Å². The first kappa shape index (κ1) is 28.5. The largest absolute Gasteiger partial charge is 0.417 e. The second kappa shape index (κ2) is 12.8. The summed E-state index contributed by atoms with van der Waals surface area (Å²) in [6.45, 7) is 9.79. The van der Waals surface area contributed by atoms with Crippen LogP contribution < -0.4 is 0 Å². The standard InChI is InChI=1S/C14H9F3N2S.C9H14N2O.C2H6.CH4/c1-8-19-12-3-2-9(5-13(12)20-8)10-4-11(7-18-6-10)14(15,16)17;1-8-5-10-11(6-8)7-9-3-2-4-12-9;1-2;/h2-7H,1H3;5-6,9H,2-4,7H2,1H3;1-2H3;1H4. The molecule has 0 amide bonds. The van der Waals surface area contributed by atoms with Crippen molar-refractivity contribution in [2.75, 3.05) is 6.61 Å². The summed E-state index contributed by atoms with van der Waals surface area (Å²) in [5.74, 6) is 0. The lowest BCUT2D eigenvalue weighted by Gasteiger charge is -2.08. The zero-order valence-corrected chi connectivity index (χ0v) is 20.6. The molecule has 0 N–H and O–H groups in total. The van der Waals surface area contributed by atoms with Crippen LogP contribution in [0.2, 0.25) is 0 Å². The summed E-state index contributed by atoms with van der Waals surface area (Å²) in [6, 6.07) is 6.53. The number of hydrogen-bond acceptors (Lipinski definition) is 5. The first-order valence-corrected chi connectivity index (χ1v) is 12.1. The molecule has 3 aromatic heterocycles. The number of thiazole rings is 1. The number of ether oxygens (including phenoxy) is 1. The van der Waals surface area contributed by atoms with Gasteiger partial charge in [0.2, 0.25) is 0 Å². The van der Waals surface area contributed by atoms with Gasteiger partial charge < -0.3 is 4.74 Å². The third-order valence-electron chi connectivity index (χ3n) is 5.07. The van der Waals surface area contributed by atoms with E-state index in [1.165, 1.54) is 35.9 Å². The van der Waals surface area contributed by atoms with E-state index in [4.69, 9.17) is 4.74 Å². The van der Waals surface area contributed by atoms with E-state index in [0.717, 1.165) is 40.6 Å². The molecule has 1 saturated heterocycles. The number of benzene rings is 1. The maximum absolute atomic E-state index is 12.7. The zero-order valence-electron chi connectivity index (χ0n) is 19.8. The highest BCUT2D eigenvalue weighted by atomic mass is 32.1. The SMILES string of the molecule is C.CC.Cc1cnn(CC2CCCO2)c1.Cc1nc2ccc(-c3cncc(C(F)(F)F)c3)cc2s1. The topological polar surface area (TPSA) is 52.8 Å². The number of nitrogens with zero attached hydrogens (tertiary/aromatic N) is 4. The highest BCUT2D eigenvalue weighted by Gasteiger charge is 2.31. The summed E-state index contributed by atoms with van der Waals surface area (Å²) < 4.78 is 46.5. The minimum Gasteiger partial charge on any atom is -0.376 e. The Bertz CT molecular complexity index is 1200. The monoisotopic (exact) mass is 506 g/mol. The summed E-state index contributed by atoms with van der Waals surface area (Å²) in [5, 5.41) is 5.15. The van der Waals surface area contributed by atoms with Crippen LogP contribution in [-0.4, -0.2) is 32.5 Å². The van der Waals surface area contributed by atoms with Crippen molar-refractivity contribution in [1.82, 2.24) is 19.7 Å². The zero-order chi connectivity index (χ0) is 24.7. The quantitative estimate of drug-likeness (QED) is 0.285. The molecule has 35 heavy (non-hydrogen) atoms. The maximum Gasteiger partial charge on any atom is 0.417 e. The van der Waals surface area contributed by atoms with Crippen LogP contribution in [0.15, 0.2) is 49.1 Å². The molecule has 0 bridgehead atoms. The molecule has 0 radical (unpaired) electrons. The fraction of sp³-hybridized carbons (Fsp3) is 0.423. The van der Waals surface area contributed by atoms with E-state index in [1.54, 1.807) is 6.07 Å². The van der Waals surface area contributed by atoms with Gasteiger partial charge in [-0.1, -0.05) is 27.3 Å². The second-order valence-corrected chi connectivity index (χ2v) is 8.98. The number of alkyl halides is 3. The Labute approximate surface area is 209 Å². The Morgan fingerprint density at radius 3 is 2.49 bits per heavy atom. The number of hydrogen-bond donors (Lipinski definition) is 0. The molecule has 0 saturated carbocycles. The predicted molar refractivity (Wildman–Crippen MR) is 137 cm³/mol. The normalized spacial score (nSPS) is 15.0. The number of rotatable bonds is 3. The summed E-state index contributed by atoms with van der Waals surface area (Å²) in [6.07, 6.45) is 4.60. The third kappa shape index (κ3) is 7.86. The van der Waals surface area contributed by atoms with E-state index in [0.29, 0.717) is 17.2 Å². The Morgan fingerprint density at radius 2 is 1.86 bits per heavy atom. The summed E-state index contributed by atoms with van der Waals surface area (Å²) in [5.41, 5.74) is 2.49. The molecule has 5 rings (SSSR count). The molecule has 4 heterocycles. The maximum atomic E-state index is 12.7. The van der Waals surface area contributed by atoms with Crippen LogP contribution in [-0.2, 0) is 17.5 Å². The first-order valence-electron chi connectivity index (χ1n) is 11.3. The number of halogens is 3. The van der Waals surface area contributed by atoms with Crippen LogP contribution in [0.1, 0.15) is 50.3 Å². The molecular formula is C26H33F3N4OS. The van der Waals surface area contributed by atoms with Crippen LogP contribution in [0.5, 0.6) is 0 Å². The molecule has 1 aliphatic rings. The number of pyridine rings is 1. The van der Waals surface area contributed by atoms with Crippen LogP contribution in [0, 0.1) is 13.8 Å². The second-order valence-electron chi connectivity index (χ2n) is 7.75. The fourth-order valence-electron chi connectivity index (χ4n) is 3.54. The van der Waals surface area contributed by atoms with Gasteiger partial charge in [0, 0.05) is 30.8 Å². The van der Waals surface area contributed by atoms with Crippen LogP contribution in [0.4, 0.5) is 13.2 Å². The average molecular weight is 507 g/mol. The summed E-state index contributed by atoms with van der Waals surface area (Å²) in [7, 11) is 0. The fourth-order valence-corrected chi connectivity index (χ4v) is 4.40. The predicted octanol–water partition coefficient (Wildman–Crippen LogP) is 7.72. The molecular weight excluding hydrogens is 473 g/mol. The van der Waals surface area contributed by atoms with E-state index in [-0.39, 0.29) is 7.43 Å². The van der Waals surface area contributed by atoms with Gasteiger partial charge in [-0.05, 0) is 56.0 Å². The van der Waals surface area contributed by atoms with Gasteiger partial charge in [0.1, 0.15) is 0 Å². The lowest BCUT2D eigenvalue weighted by Crippen LogP contribution is -2.14. The molecule has 1 aliphatic heterocycles.